The van der Waals surface area contributed by atoms with Crippen LogP contribution in [0.15, 0.2) is 160 Å². The first-order valence-corrected chi connectivity index (χ1v) is 18.7. The van der Waals surface area contributed by atoms with Crippen LogP contribution in [-0.2, 0) is 22.4 Å². The molecule has 0 saturated carbocycles. The summed E-state index contributed by atoms with van der Waals surface area (Å²) in [6.07, 6.45) is -1.13. The monoisotopic (exact) mass is 851 g/mol. The van der Waals surface area contributed by atoms with Crippen LogP contribution in [0.4, 0.5) is 46.4 Å². The topological polar surface area (TPSA) is 204 Å². The largest absolute Gasteiger partial charge is 0.506 e. The fourth-order valence-corrected chi connectivity index (χ4v) is 6.19. The van der Waals surface area contributed by atoms with Gasteiger partial charge in [0, 0.05) is 27.6 Å². The number of nitrogens with zero attached hydrogens (tertiary/aromatic N) is 4. The van der Waals surface area contributed by atoms with Crippen molar-refractivity contribution < 1.29 is 47.4 Å². The number of phenolic OH excluding ortho intramolecular Hbond substituents is 2. The van der Waals surface area contributed by atoms with E-state index in [9.17, 15) is 42.6 Å². The molecule has 0 aliphatic rings. The minimum Gasteiger partial charge on any atom is -0.506 e. The highest BCUT2D eigenvalue weighted by molar-refractivity contribution is 6.10. The predicted octanol–water partition coefficient (Wildman–Crippen LogP) is 11.3. The van der Waals surface area contributed by atoms with Gasteiger partial charge in [0.2, 0.25) is 6.41 Å². The van der Waals surface area contributed by atoms with Gasteiger partial charge in [-0.25, -0.2) is 10.3 Å². The molecule has 0 bridgehead atoms. The van der Waals surface area contributed by atoms with Crippen LogP contribution in [0.25, 0.3) is 27.6 Å². The van der Waals surface area contributed by atoms with Gasteiger partial charge < -0.3 is 15.5 Å². The summed E-state index contributed by atoms with van der Waals surface area (Å²) in [6, 6.07) is 32.1. The molecule has 7 rings (SSSR count). The Morgan fingerprint density at radius 2 is 1.27 bits per heavy atom. The molecule has 0 atom stereocenters. The number of hydrogen-bond donors (Lipinski definition) is 5. The summed E-state index contributed by atoms with van der Waals surface area (Å²) in [4.78, 5) is 53.6. The molecule has 0 aliphatic heterocycles. The third-order valence-corrected chi connectivity index (χ3v) is 9.31. The van der Waals surface area contributed by atoms with E-state index in [-0.39, 0.29) is 46.5 Å². The Morgan fingerprint density at radius 3 is 1.90 bits per heavy atom. The molecule has 0 heterocycles. The molecule has 0 aliphatic carbocycles. The van der Waals surface area contributed by atoms with Crippen molar-refractivity contribution in [2.24, 2.45) is 20.5 Å². The van der Waals surface area contributed by atoms with Gasteiger partial charge in [-0.1, -0.05) is 54.6 Å². The summed E-state index contributed by atoms with van der Waals surface area (Å²) < 4.78 is 39.1. The molecule has 7 aromatic carbocycles. The molecule has 14 nitrogen and oxygen atoms in total. The highest BCUT2D eigenvalue weighted by atomic mass is 19.4. The van der Waals surface area contributed by atoms with E-state index in [0.29, 0.717) is 45.1 Å². The summed E-state index contributed by atoms with van der Waals surface area (Å²) in [7, 11) is 0. The Hall–Kier alpha value is -8.57. The number of hydroxylamine groups is 1. The van der Waals surface area contributed by atoms with Crippen LogP contribution >= 0.6 is 0 Å². The van der Waals surface area contributed by atoms with E-state index in [0.717, 1.165) is 29.1 Å². The zero-order chi connectivity index (χ0) is 44.5. The number of carbonyl (C=O) groups is 4. The maximum Gasteiger partial charge on any atom is 0.416 e. The fraction of sp³-hybridized carbons (Fsp3) is 0.0435. The number of allylic oxidation sites excluding steroid dienone is 1. The molecule has 314 valence electrons. The number of alkyl halides is 3. The minimum atomic E-state index is -4.61. The zero-order valence-electron chi connectivity index (χ0n) is 32.5. The van der Waals surface area contributed by atoms with Gasteiger partial charge in [-0.3, -0.25) is 24.5 Å². The van der Waals surface area contributed by atoms with E-state index >= 15 is 0 Å². The number of aromatic hydroxyl groups is 2. The molecule has 0 radical (unpaired) electrons. The number of imide groups is 1. The standard InChI is InChI=1S/C46H32F3N7O7/c47-46(48,49)33-2-1-3-36(24-33)51-45(62)52-44(61)32-10-18-38-31(23-32)12-21-41(60)43(38)56-53-34-13-4-27(5-14-34)7-19-39(58)29-8-15-35(16-9-29)54-55-42-37-17-6-28(25-63-50-26-57)22-30(37)11-20-40(42)59/h1-24,26,59-60H,25H2,(H,50,57)(H2,51,52,61,62)/b19-7+,55-54+,56-53+. The number of phenols is 2. The van der Waals surface area contributed by atoms with Gasteiger partial charge in [-0.2, -0.15) is 23.4 Å². The lowest BCUT2D eigenvalue weighted by molar-refractivity contribution is -0.137. The minimum absolute atomic E-state index is 0.0608. The smallest absolute Gasteiger partial charge is 0.416 e. The van der Waals surface area contributed by atoms with Gasteiger partial charge in [0.25, 0.3) is 5.91 Å². The molecule has 4 amide bonds. The Morgan fingerprint density at radius 1 is 0.667 bits per heavy atom. The SMILES string of the molecule is O=CNOCc1ccc2c(/N=N/c3ccc(C(=O)/C=C/c4ccc(/N=N/c5c(O)ccc6cc(C(=O)NC(=O)Nc7cccc(C(F)(F)F)c7)ccc56)cc4)cc3)c(O)ccc2c1. The van der Waals surface area contributed by atoms with Crippen molar-refractivity contribution in [3.63, 3.8) is 0 Å². The van der Waals surface area contributed by atoms with E-state index in [4.69, 9.17) is 4.84 Å². The summed E-state index contributed by atoms with van der Waals surface area (Å²) in [5.74, 6) is -1.33. The van der Waals surface area contributed by atoms with Gasteiger partial charge >= 0.3 is 12.2 Å². The second-order valence-corrected chi connectivity index (χ2v) is 13.6. The normalized spacial score (nSPS) is 11.7. The van der Waals surface area contributed by atoms with Crippen LogP contribution in [0.2, 0.25) is 0 Å². The second kappa shape index (κ2) is 18.8. The van der Waals surface area contributed by atoms with E-state index in [1.165, 1.54) is 48.5 Å². The van der Waals surface area contributed by atoms with Crippen molar-refractivity contribution in [2.75, 3.05) is 5.32 Å². The van der Waals surface area contributed by atoms with Crippen LogP contribution < -0.4 is 16.1 Å². The van der Waals surface area contributed by atoms with Crippen LogP contribution in [0.3, 0.4) is 0 Å². The van der Waals surface area contributed by atoms with Crippen LogP contribution in [0.1, 0.15) is 37.4 Å². The molecule has 0 fully saturated rings. The fourth-order valence-electron chi connectivity index (χ4n) is 6.19. The number of benzene rings is 7. The Balaban J connectivity index is 0.955. The first-order chi connectivity index (χ1) is 30.3. The van der Waals surface area contributed by atoms with Gasteiger partial charge in [-0.15, -0.1) is 10.2 Å². The van der Waals surface area contributed by atoms with Gasteiger partial charge in [-0.05, 0) is 113 Å². The molecule has 0 saturated heterocycles. The molecular formula is C46H32F3N7O7. The van der Waals surface area contributed by atoms with Crippen LogP contribution in [0.5, 0.6) is 11.5 Å². The van der Waals surface area contributed by atoms with Crippen molar-refractivity contribution in [2.45, 2.75) is 12.8 Å². The van der Waals surface area contributed by atoms with Crippen molar-refractivity contribution in [3.8, 4) is 11.5 Å². The maximum absolute atomic E-state index is 13.0. The average molecular weight is 852 g/mol. The number of fused-ring (bicyclic) bond motifs is 2. The summed E-state index contributed by atoms with van der Waals surface area (Å²) in [5, 5.41) is 44.7. The lowest BCUT2D eigenvalue weighted by Gasteiger charge is -2.11. The van der Waals surface area contributed by atoms with Crippen molar-refractivity contribution in [1.82, 2.24) is 10.8 Å². The summed E-state index contributed by atoms with van der Waals surface area (Å²) in [5.41, 5.74) is 4.25. The molecule has 0 aromatic heterocycles. The molecule has 5 N–H and O–H groups in total. The average Bonchev–Trinajstić information content (AvgIpc) is 3.27. The second-order valence-electron chi connectivity index (χ2n) is 13.6. The number of amides is 4. The first-order valence-electron chi connectivity index (χ1n) is 18.7. The highest BCUT2D eigenvalue weighted by Crippen LogP contribution is 2.38. The number of azo groups is 2. The van der Waals surface area contributed by atoms with E-state index in [1.54, 1.807) is 72.8 Å². The molecule has 0 unspecified atom stereocenters. The lowest BCUT2D eigenvalue weighted by Crippen LogP contribution is -2.34. The van der Waals surface area contributed by atoms with E-state index in [2.05, 4.69) is 36.6 Å². The number of urea groups is 1. The number of hydrogen-bond acceptors (Lipinski definition) is 11. The number of ketones is 1. The summed E-state index contributed by atoms with van der Waals surface area (Å²) in [6.45, 7) is 0.153. The number of halogens is 3. The molecule has 63 heavy (non-hydrogen) atoms. The van der Waals surface area contributed by atoms with Crippen LogP contribution in [0, 0.1) is 0 Å². The third-order valence-electron chi connectivity index (χ3n) is 9.31. The molecule has 17 heteroatoms. The molecular weight excluding hydrogens is 820 g/mol. The predicted molar refractivity (Wildman–Crippen MR) is 228 cm³/mol. The van der Waals surface area contributed by atoms with Gasteiger partial charge in [0.1, 0.15) is 22.9 Å². The van der Waals surface area contributed by atoms with Crippen molar-refractivity contribution >= 4 is 80.2 Å². The third kappa shape index (κ3) is 10.6. The number of anilines is 1. The Labute approximate surface area is 355 Å². The quantitative estimate of drug-likeness (QED) is 0.0189. The zero-order valence-corrected chi connectivity index (χ0v) is 32.5. The maximum atomic E-state index is 13.0. The first kappa shape index (κ1) is 42.6. The highest BCUT2D eigenvalue weighted by Gasteiger charge is 2.30. The lowest BCUT2D eigenvalue weighted by atomic mass is 10.0. The van der Waals surface area contributed by atoms with Gasteiger partial charge in [0.05, 0.1) is 23.5 Å². The van der Waals surface area contributed by atoms with Crippen molar-refractivity contribution in [3.05, 3.63) is 167 Å². The number of rotatable bonds is 13. The van der Waals surface area contributed by atoms with E-state index < -0.39 is 23.7 Å². The van der Waals surface area contributed by atoms with Crippen LogP contribution in [-0.4, -0.2) is 34.3 Å². The Kier molecular flexibility index (Phi) is 12.7. The number of nitrogens with one attached hydrogen (secondary N) is 3. The number of carbonyl (C=O) groups excluding carboxylic acids is 4. The van der Waals surface area contributed by atoms with Crippen molar-refractivity contribution in [1.29, 1.82) is 0 Å². The van der Waals surface area contributed by atoms with E-state index in [1.807, 2.05) is 6.07 Å². The summed E-state index contributed by atoms with van der Waals surface area (Å²) >= 11 is 0. The molecule has 0 spiro atoms. The van der Waals surface area contributed by atoms with Gasteiger partial charge in [0.15, 0.2) is 5.78 Å². The Bertz CT molecular complexity index is 2970. The molecule has 7 aromatic rings.